The van der Waals surface area contributed by atoms with E-state index in [4.69, 9.17) is 10.5 Å². The zero-order chi connectivity index (χ0) is 16.4. The van der Waals surface area contributed by atoms with E-state index in [2.05, 4.69) is 11.2 Å². The first-order chi connectivity index (χ1) is 11.0. The number of ether oxygens (including phenoxy) is 1. The second-order valence-corrected chi connectivity index (χ2v) is 7.00. The highest BCUT2D eigenvalue weighted by Gasteiger charge is 2.30. The van der Waals surface area contributed by atoms with Gasteiger partial charge in [0.1, 0.15) is 0 Å². The number of amides is 1. The van der Waals surface area contributed by atoms with Gasteiger partial charge in [0.15, 0.2) is 0 Å². The Balaban J connectivity index is 0.00000156. The Morgan fingerprint density at radius 2 is 2.12 bits per heavy atom. The molecule has 1 aliphatic carbocycles. The molecule has 0 spiro atoms. The molecule has 1 saturated carbocycles. The number of aromatic nitrogens is 2. The molecule has 3 atom stereocenters. The second kappa shape index (κ2) is 9.76. The lowest BCUT2D eigenvalue weighted by Gasteiger charge is -2.34. The molecule has 0 aromatic carbocycles. The van der Waals surface area contributed by atoms with Crippen LogP contribution in [0.2, 0.25) is 0 Å². The Kier molecular flexibility index (Phi) is 8.68. The molecule has 25 heavy (non-hydrogen) atoms. The van der Waals surface area contributed by atoms with Gasteiger partial charge in [0.05, 0.1) is 24.9 Å². The van der Waals surface area contributed by atoms with Gasteiger partial charge in [-0.15, -0.1) is 24.8 Å². The number of hydrogen-bond acceptors (Lipinski definition) is 4. The molecule has 3 rings (SSSR count). The van der Waals surface area contributed by atoms with Crippen LogP contribution in [0.3, 0.4) is 0 Å². The normalized spacial score (nSPS) is 26.0. The number of morpholine rings is 1. The molecule has 8 heteroatoms. The summed E-state index contributed by atoms with van der Waals surface area (Å²) in [5, 5.41) is 4.48. The van der Waals surface area contributed by atoms with Gasteiger partial charge in [0.25, 0.3) is 0 Å². The third kappa shape index (κ3) is 5.58. The third-order valence-corrected chi connectivity index (χ3v) is 5.13. The van der Waals surface area contributed by atoms with Crippen LogP contribution >= 0.6 is 24.8 Å². The molecule has 1 aliphatic heterocycles. The van der Waals surface area contributed by atoms with Crippen molar-refractivity contribution in [3.63, 3.8) is 0 Å². The fraction of sp³-hybridized carbons (Fsp3) is 0.765. The molecular weight excluding hydrogens is 363 g/mol. The molecule has 2 N–H and O–H groups in total. The summed E-state index contributed by atoms with van der Waals surface area (Å²) >= 11 is 0. The maximum atomic E-state index is 12.6. The van der Waals surface area contributed by atoms with Gasteiger partial charge in [0.2, 0.25) is 5.91 Å². The quantitative estimate of drug-likeness (QED) is 0.850. The van der Waals surface area contributed by atoms with Gasteiger partial charge in [-0.2, -0.15) is 5.10 Å². The highest BCUT2D eigenvalue weighted by Crippen LogP contribution is 2.27. The fourth-order valence-electron chi connectivity index (χ4n) is 3.78. The monoisotopic (exact) mass is 392 g/mol. The molecule has 1 amide bonds. The average molecular weight is 393 g/mol. The Morgan fingerprint density at radius 3 is 2.72 bits per heavy atom. The minimum Gasteiger partial charge on any atom is -0.373 e. The number of carbonyl (C=O) groups is 1. The fourth-order valence-corrected chi connectivity index (χ4v) is 3.78. The van der Waals surface area contributed by atoms with Gasteiger partial charge in [-0.3, -0.25) is 9.48 Å². The summed E-state index contributed by atoms with van der Waals surface area (Å²) in [6.07, 6.45) is 3.91. The average Bonchev–Trinajstić information content (AvgIpc) is 3.05. The summed E-state index contributed by atoms with van der Waals surface area (Å²) in [4.78, 5) is 14.5. The summed E-state index contributed by atoms with van der Waals surface area (Å²) in [6, 6.07) is 2.26. The standard InChI is InChI=1S/C17H28N4O2.2ClH/c1-12-8-13(2)21(19-12)11-15-10-20(6-7-23-15)17(22)9-14-4-3-5-16(14)18;;/h8,14-16H,3-7,9-11,18H2,1-2H3;2*1H/t14-,15?,16+;;/m0../s1. The highest BCUT2D eigenvalue weighted by molar-refractivity contribution is 5.85. The van der Waals surface area contributed by atoms with Crippen LogP contribution in [0.4, 0.5) is 0 Å². The minimum absolute atomic E-state index is 0. The van der Waals surface area contributed by atoms with E-state index in [-0.39, 0.29) is 42.9 Å². The first-order valence-electron chi connectivity index (χ1n) is 8.69. The van der Waals surface area contributed by atoms with Gasteiger partial charge in [-0.1, -0.05) is 6.42 Å². The molecule has 0 radical (unpaired) electrons. The SMILES string of the molecule is Cc1cc(C)n(CC2CN(C(=O)C[C@@H]3CCC[C@H]3N)CCO2)n1.Cl.Cl. The van der Waals surface area contributed by atoms with Crippen LogP contribution in [0.25, 0.3) is 0 Å². The molecule has 1 unspecified atom stereocenters. The zero-order valence-corrected chi connectivity index (χ0v) is 16.7. The lowest BCUT2D eigenvalue weighted by atomic mass is 9.99. The zero-order valence-electron chi connectivity index (χ0n) is 15.0. The van der Waals surface area contributed by atoms with Crippen LogP contribution in [0.15, 0.2) is 6.07 Å². The van der Waals surface area contributed by atoms with Crippen LogP contribution in [0.1, 0.15) is 37.1 Å². The number of rotatable bonds is 4. The lowest BCUT2D eigenvalue weighted by Crippen LogP contribution is -2.48. The summed E-state index contributed by atoms with van der Waals surface area (Å²) in [5.74, 6) is 0.592. The molecule has 1 saturated heterocycles. The van der Waals surface area contributed by atoms with E-state index in [0.29, 0.717) is 38.6 Å². The van der Waals surface area contributed by atoms with Crippen molar-refractivity contribution in [3.8, 4) is 0 Å². The molecular formula is C17H30Cl2N4O2. The molecule has 2 aliphatic rings. The molecule has 1 aromatic rings. The lowest BCUT2D eigenvalue weighted by molar-refractivity contribution is -0.140. The topological polar surface area (TPSA) is 73.4 Å². The van der Waals surface area contributed by atoms with Crippen molar-refractivity contribution in [2.45, 2.75) is 58.2 Å². The maximum Gasteiger partial charge on any atom is 0.223 e. The van der Waals surface area contributed by atoms with Crippen molar-refractivity contribution in [2.24, 2.45) is 11.7 Å². The van der Waals surface area contributed by atoms with Gasteiger partial charge >= 0.3 is 0 Å². The minimum atomic E-state index is 0. The first kappa shape index (κ1) is 22.2. The largest absolute Gasteiger partial charge is 0.373 e. The molecule has 0 bridgehead atoms. The summed E-state index contributed by atoms with van der Waals surface area (Å²) in [6.45, 7) is 6.69. The van der Waals surface area contributed by atoms with Crippen LogP contribution in [-0.4, -0.2) is 52.4 Å². The van der Waals surface area contributed by atoms with Crippen molar-refractivity contribution in [1.82, 2.24) is 14.7 Å². The van der Waals surface area contributed by atoms with Crippen LogP contribution < -0.4 is 5.73 Å². The van der Waals surface area contributed by atoms with E-state index in [9.17, 15) is 4.79 Å². The Labute approximate surface area is 162 Å². The smallest absolute Gasteiger partial charge is 0.223 e. The Bertz CT molecular complexity index is 567. The van der Waals surface area contributed by atoms with E-state index in [1.165, 1.54) is 0 Å². The Hall–Kier alpha value is -0.820. The van der Waals surface area contributed by atoms with E-state index in [0.717, 1.165) is 30.7 Å². The number of halogens is 2. The second-order valence-electron chi connectivity index (χ2n) is 7.00. The molecule has 6 nitrogen and oxygen atoms in total. The van der Waals surface area contributed by atoms with E-state index in [1.807, 2.05) is 23.4 Å². The highest BCUT2D eigenvalue weighted by atomic mass is 35.5. The van der Waals surface area contributed by atoms with Gasteiger partial charge in [-0.05, 0) is 38.7 Å². The van der Waals surface area contributed by atoms with Crippen LogP contribution in [0.5, 0.6) is 0 Å². The number of nitrogens with zero attached hydrogens (tertiary/aromatic N) is 3. The van der Waals surface area contributed by atoms with Crippen molar-refractivity contribution in [2.75, 3.05) is 19.7 Å². The van der Waals surface area contributed by atoms with E-state index in [1.54, 1.807) is 0 Å². The van der Waals surface area contributed by atoms with Crippen molar-refractivity contribution in [3.05, 3.63) is 17.5 Å². The number of hydrogen-bond donors (Lipinski definition) is 1. The predicted octanol–water partition coefficient (Wildman–Crippen LogP) is 2.09. The van der Waals surface area contributed by atoms with Crippen LogP contribution in [-0.2, 0) is 16.1 Å². The summed E-state index contributed by atoms with van der Waals surface area (Å²) < 4.78 is 7.81. The van der Waals surface area contributed by atoms with Gasteiger partial charge in [0, 0.05) is 31.2 Å². The number of nitrogens with two attached hydrogens (primary N) is 1. The van der Waals surface area contributed by atoms with E-state index < -0.39 is 0 Å². The van der Waals surface area contributed by atoms with Gasteiger partial charge in [-0.25, -0.2) is 0 Å². The van der Waals surface area contributed by atoms with Crippen molar-refractivity contribution >= 4 is 30.7 Å². The molecule has 1 aromatic heterocycles. The maximum absolute atomic E-state index is 12.6. The van der Waals surface area contributed by atoms with E-state index >= 15 is 0 Å². The Morgan fingerprint density at radius 1 is 1.36 bits per heavy atom. The number of aryl methyl sites for hydroxylation is 2. The predicted molar refractivity (Wildman–Crippen MR) is 102 cm³/mol. The molecule has 2 fully saturated rings. The van der Waals surface area contributed by atoms with Crippen LogP contribution in [0, 0.1) is 19.8 Å². The molecule has 2 heterocycles. The summed E-state index contributed by atoms with van der Waals surface area (Å²) in [7, 11) is 0. The first-order valence-corrected chi connectivity index (χ1v) is 8.69. The summed E-state index contributed by atoms with van der Waals surface area (Å²) in [5.41, 5.74) is 8.24. The van der Waals surface area contributed by atoms with Gasteiger partial charge < -0.3 is 15.4 Å². The third-order valence-electron chi connectivity index (χ3n) is 5.13. The molecule has 144 valence electrons. The van der Waals surface area contributed by atoms with Crippen molar-refractivity contribution < 1.29 is 9.53 Å². The van der Waals surface area contributed by atoms with Crippen molar-refractivity contribution in [1.29, 1.82) is 0 Å². The number of carbonyl (C=O) groups excluding carboxylic acids is 1.